The van der Waals surface area contributed by atoms with Crippen molar-refractivity contribution in [1.29, 1.82) is 0 Å². The summed E-state index contributed by atoms with van der Waals surface area (Å²) < 4.78 is 0. The SMILES string of the molecule is CCCCC(CC)(CCc1ccccc1)C(=O)O. The molecule has 0 saturated heterocycles. The monoisotopic (exact) mass is 248 g/mol. The number of aryl methyl sites for hydroxylation is 1. The van der Waals surface area contributed by atoms with Crippen LogP contribution in [-0.2, 0) is 11.2 Å². The number of rotatable bonds is 8. The van der Waals surface area contributed by atoms with E-state index in [1.165, 1.54) is 5.56 Å². The van der Waals surface area contributed by atoms with Crippen molar-refractivity contribution in [1.82, 2.24) is 0 Å². The van der Waals surface area contributed by atoms with Crippen LogP contribution in [-0.4, -0.2) is 11.1 Å². The lowest BCUT2D eigenvalue weighted by atomic mass is 9.76. The first-order valence-electron chi connectivity index (χ1n) is 6.92. The summed E-state index contributed by atoms with van der Waals surface area (Å²) in [6.07, 6.45) is 5.15. The molecule has 2 nitrogen and oxygen atoms in total. The Morgan fingerprint density at radius 1 is 1.17 bits per heavy atom. The maximum atomic E-state index is 11.6. The third-order valence-electron chi connectivity index (χ3n) is 3.87. The van der Waals surface area contributed by atoms with Crippen LogP contribution in [0.1, 0.15) is 51.5 Å². The number of hydrogen-bond donors (Lipinski definition) is 1. The van der Waals surface area contributed by atoms with Crippen LogP contribution in [0, 0.1) is 5.41 Å². The lowest BCUT2D eigenvalue weighted by Crippen LogP contribution is -2.31. The number of carboxylic acids is 1. The normalized spacial score (nSPS) is 14.1. The fraction of sp³-hybridized carbons (Fsp3) is 0.562. The van der Waals surface area contributed by atoms with Crippen molar-refractivity contribution >= 4 is 5.97 Å². The van der Waals surface area contributed by atoms with Crippen molar-refractivity contribution in [2.24, 2.45) is 5.41 Å². The minimum absolute atomic E-state index is 0.536. The Morgan fingerprint density at radius 3 is 2.33 bits per heavy atom. The molecule has 0 aliphatic heterocycles. The molecule has 1 aromatic rings. The van der Waals surface area contributed by atoms with Gasteiger partial charge in [0, 0.05) is 0 Å². The van der Waals surface area contributed by atoms with Crippen LogP contribution < -0.4 is 0 Å². The number of carboxylic acid groups (broad SMARTS) is 1. The van der Waals surface area contributed by atoms with E-state index in [4.69, 9.17) is 0 Å². The van der Waals surface area contributed by atoms with Crippen LogP contribution in [0.5, 0.6) is 0 Å². The second-order valence-corrected chi connectivity index (χ2v) is 5.03. The van der Waals surface area contributed by atoms with E-state index >= 15 is 0 Å². The highest BCUT2D eigenvalue weighted by Crippen LogP contribution is 2.34. The van der Waals surface area contributed by atoms with Gasteiger partial charge in [-0.3, -0.25) is 4.79 Å². The van der Waals surface area contributed by atoms with E-state index in [1.54, 1.807) is 0 Å². The third-order valence-corrected chi connectivity index (χ3v) is 3.87. The summed E-state index contributed by atoms with van der Waals surface area (Å²) in [6.45, 7) is 4.11. The van der Waals surface area contributed by atoms with Gasteiger partial charge in [-0.25, -0.2) is 0 Å². The molecule has 0 aliphatic rings. The molecule has 0 spiro atoms. The Labute approximate surface area is 110 Å². The average molecular weight is 248 g/mol. The highest BCUT2D eigenvalue weighted by molar-refractivity contribution is 5.74. The Balaban J connectivity index is 2.69. The zero-order valence-corrected chi connectivity index (χ0v) is 11.5. The molecule has 0 heterocycles. The van der Waals surface area contributed by atoms with Gasteiger partial charge in [0.25, 0.3) is 0 Å². The molecule has 1 N–H and O–H groups in total. The van der Waals surface area contributed by atoms with Crippen LogP contribution in [0.4, 0.5) is 0 Å². The molecule has 0 fully saturated rings. The van der Waals surface area contributed by atoms with E-state index in [9.17, 15) is 9.90 Å². The molecule has 1 aromatic carbocycles. The van der Waals surface area contributed by atoms with E-state index in [0.29, 0.717) is 0 Å². The fourth-order valence-corrected chi connectivity index (χ4v) is 2.39. The molecule has 0 bridgehead atoms. The summed E-state index contributed by atoms with van der Waals surface area (Å²) in [5.74, 6) is -0.630. The van der Waals surface area contributed by atoms with Gasteiger partial charge in [-0.1, -0.05) is 57.0 Å². The highest BCUT2D eigenvalue weighted by Gasteiger charge is 2.35. The van der Waals surface area contributed by atoms with E-state index in [0.717, 1.165) is 38.5 Å². The van der Waals surface area contributed by atoms with Crippen LogP contribution in [0.3, 0.4) is 0 Å². The first-order chi connectivity index (χ1) is 8.64. The number of carbonyl (C=O) groups is 1. The molecule has 0 radical (unpaired) electrons. The Morgan fingerprint density at radius 2 is 1.83 bits per heavy atom. The summed E-state index contributed by atoms with van der Waals surface area (Å²) in [5.41, 5.74) is 0.694. The molecule has 1 atom stereocenters. The molecule has 18 heavy (non-hydrogen) atoms. The molecule has 1 rings (SSSR count). The molecule has 0 aliphatic carbocycles. The molecular formula is C16H24O2. The number of unbranched alkanes of at least 4 members (excludes halogenated alkanes) is 1. The van der Waals surface area contributed by atoms with Crippen molar-refractivity contribution in [2.75, 3.05) is 0 Å². The molecular weight excluding hydrogens is 224 g/mol. The maximum Gasteiger partial charge on any atom is 0.309 e. The summed E-state index contributed by atoms with van der Waals surface area (Å²) in [7, 11) is 0. The van der Waals surface area contributed by atoms with Gasteiger partial charge in [-0.05, 0) is 31.2 Å². The number of aliphatic carboxylic acids is 1. The summed E-state index contributed by atoms with van der Waals surface area (Å²) in [5, 5.41) is 9.53. The van der Waals surface area contributed by atoms with Crippen molar-refractivity contribution in [2.45, 2.75) is 52.4 Å². The lowest BCUT2D eigenvalue weighted by Gasteiger charge is -2.28. The Kier molecular flexibility index (Phi) is 5.90. The average Bonchev–Trinajstić information content (AvgIpc) is 2.40. The van der Waals surface area contributed by atoms with Crippen LogP contribution in [0.25, 0.3) is 0 Å². The van der Waals surface area contributed by atoms with Crippen LogP contribution in [0.15, 0.2) is 30.3 Å². The molecule has 0 aromatic heterocycles. The van der Waals surface area contributed by atoms with Crippen molar-refractivity contribution in [3.8, 4) is 0 Å². The van der Waals surface area contributed by atoms with Gasteiger partial charge in [-0.15, -0.1) is 0 Å². The number of hydrogen-bond acceptors (Lipinski definition) is 1. The minimum atomic E-state index is -0.630. The Hall–Kier alpha value is -1.31. The zero-order valence-electron chi connectivity index (χ0n) is 11.5. The van der Waals surface area contributed by atoms with Gasteiger partial charge in [-0.2, -0.15) is 0 Å². The van der Waals surface area contributed by atoms with Gasteiger partial charge >= 0.3 is 5.97 Å². The van der Waals surface area contributed by atoms with Crippen LogP contribution >= 0.6 is 0 Å². The van der Waals surface area contributed by atoms with Gasteiger partial charge in [0.05, 0.1) is 5.41 Å². The highest BCUT2D eigenvalue weighted by atomic mass is 16.4. The maximum absolute atomic E-state index is 11.6. The smallest absolute Gasteiger partial charge is 0.309 e. The van der Waals surface area contributed by atoms with Gasteiger partial charge in [0.15, 0.2) is 0 Å². The minimum Gasteiger partial charge on any atom is -0.481 e. The van der Waals surface area contributed by atoms with Crippen LogP contribution in [0.2, 0.25) is 0 Å². The summed E-state index contributed by atoms with van der Waals surface area (Å²) in [4.78, 5) is 11.6. The fourth-order valence-electron chi connectivity index (χ4n) is 2.39. The lowest BCUT2D eigenvalue weighted by molar-refractivity contribution is -0.150. The van der Waals surface area contributed by atoms with E-state index < -0.39 is 11.4 Å². The molecule has 2 heteroatoms. The molecule has 1 unspecified atom stereocenters. The third kappa shape index (κ3) is 3.86. The molecule has 0 saturated carbocycles. The van der Waals surface area contributed by atoms with Crippen molar-refractivity contribution < 1.29 is 9.90 Å². The molecule has 0 amide bonds. The van der Waals surface area contributed by atoms with E-state index in [1.807, 2.05) is 25.1 Å². The van der Waals surface area contributed by atoms with Crippen molar-refractivity contribution in [3.63, 3.8) is 0 Å². The van der Waals surface area contributed by atoms with E-state index in [-0.39, 0.29) is 0 Å². The number of benzene rings is 1. The van der Waals surface area contributed by atoms with E-state index in [2.05, 4.69) is 19.1 Å². The second kappa shape index (κ2) is 7.20. The second-order valence-electron chi connectivity index (χ2n) is 5.03. The standard InChI is InChI=1S/C16H24O2/c1-3-5-12-16(4-2,15(17)18)13-11-14-9-7-6-8-10-14/h6-10H,3-5,11-13H2,1-2H3,(H,17,18). The predicted molar refractivity (Wildman–Crippen MR) is 74.6 cm³/mol. The largest absolute Gasteiger partial charge is 0.481 e. The van der Waals surface area contributed by atoms with Crippen molar-refractivity contribution in [3.05, 3.63) is 35.9 Å². The first kappa shape index (κ1) is 14.7. The quantitative estimate of drug-likeness (QED) is 0.745. The summed E-state index contributed by atoms with van der Waals surface area (Å²) in [6, 6.07) is 10.2. The zero-order chi connectivity index (χ0) is 13.4. The molecule has 100 valence electrons. The Bertz CT molecular complexity index is 359. The topological polar surface area (TPSA) is 37.3 Å². The van der Waals surface area contributed by atoms with Gasteiger partial charge in [0.2, 0.25) is 0 Å². The predicted octanol–water partition coefficient (Wildman–Crippen LogP) is 4.29. The summed E-state index contributed by atoms with van der Waals surface area (Å²) >= 11 is 0. The van der Waals surface area contributed by atoms with Gasteiger partial charge in [0.1, 0.15) is 0 Å². The first-order valence-corrected chi connectivity index (χ1v) is 6.92. The van der Waals surface area contributed by atoms with Gasteiger partial charge < -0.3 is 5.11 Å².